The molecule has 0 spiro atoms. The Morgan fingerprint density at radius 1 is 1.38 bits per heavy atom. The average molecular weight is 293 g/mol. The predicted octanol–water partition coefficient (Wildman–Crippen LogP) is 2.04. The summed E-state index contributed by atoms with van der Waals surface area (Å²) in [7, 11) is 2.08. The number of nitrogen functional groups attached to an aromatic ring is 1. The van der Waals surface area contributed by atoms with Crippen LogP contribution in [0, 0.1) is 5.41 Å². The lowest BCUT2D eigenvalue weighted by atomic mass is 9.87. The van der Waals surface area contributed by atoms with Crippen LogP contribution < -0.4 is 16.0 Å². The quantitative estimate of drug-likeness (QED) is 0.478. The van der Waals surface area contributed by atoms with Crippen LogP contribution in [0.25, 0.3) is 0 Å². The minimum Gasteiger partial charge on any atom is -0.491 e. The highest BCUT2D eigenvalue weighted by molar-refractivity contribution is 5.96. The second-order valence-corrected chi connectivity index (χ2v) is 6.34. The van der Waals surface area contributed by atoms with Gasteiger partial charge in [0.25, 0.3) is 5.91 Å². The van der Waals surface area contributed by atoms with Crippen molar-refractivity contribution in [1.29, 1.82) is 0 Å². The van der Waals surface area contributed by atoms with Gasteiger partial charge in [-0.1, -0.05) is 32.9 Å². The maximum atomic E-state index is 11.6. The Morgan fingerprint density at radius 3 is 2.57 bits per heavy atom. The SMILES string of the molecule is CC(N(C)CCOc1ccccc1C(=O)NN)C(C)(C)C. The standard InChI is InChI=1S/C16H27N3O2/c1-12(16(2,3)4)19(5)10-11-21-14-9-7-6-8-13(14)15(20)18-17/h6-9,12H,10-11,17H2,1-5H3,(H,18,20). The van der Waals surface area contributed by atoms with Crippen molar-refractivity contribution in [2.24, 2.45) is 11.3 Å². The molecule has 118 valence electrons. The highest BCUT2D eigenvalue weighted by Crippen LogP contribution is 2.23. The molecule has 21 heavy (non-hydrogen) atoms. The number of ether oxygens (including phenoxy) is 1. The first-order chi connectivity index (χ1) is 9.77. The van der Waals surface area contributed by atoms with Crippen molar-refractivity contribution in [3.05, 3.63) is 29.8 Å². The van der Waals surface area contributed by atoms with E-state index in [1.165, 1.54) is 0 Å². The summed E-state index contributed by atoms with van der Waals surface area (Å²) in [6.07, 6.45) is 0. The van der Waals surface area contributed by atoms with Gasteiger partial charge in [0.15, 0.2) is 0 Å². The Kier molecular flexibility index (Phi) is 6.18. The van der Waals surface area contributed by atoms with Gasteiger partial charge in [-0.05, 0) is 31.5 Å². The molecular weight excluding hydrogens is 266 g/mol. The van der Waals surface area contributed by atoms with Crippen LogP contribution in [-0.4, -0.2) is 37.0 Å². The van der Waals surface area contributed by atoms with Crippen molar-refractivity contribution in [2.45, 2.75) is 33.7 Å². The van der Waals surface area contributed by atoms with Gasteiger partial charge in [-0.3, -0.25) is 15.1 Å². The van der Waals surface area contributed by atoms with Gasteiger partial charge in [0.05, 0.1) is 5.56 Å². The van der Waals surface area contributed by atoms with Crippen LogP contribution in [0.1, 0.15) is 38.1 Å². The Hall–Kier alpha value is -1.59. The van der Waals surface area contributed by atoms with Crippen LogP contribution in [0.3, 0.4) is 0 Å². The minimum atomic E-state index is -0.345. The van der Waals surface area contributed by atoms with Crippen molar-refractivity contribution >= 4 is 5.91 Å². The van der Waals surface area contributed by atoms with Crippen molar-refractivity contribution in [2.75, 3.05) is 20.2 Å². The Morgan fingerprint density at radius 2 is 2.00 bits per heavy atom. The number of nitrogens with two attached hydrogens (primary N) is 1. The van der Waals surface area contributed by atoms with E-state index in [-0.39, 0.29) is 11.3 Å². The summed E-state index contributed by atoms with van der Waals surface area (Å²) in [5, 5.41) is 0. The molecule has 0 aromatic heterocycles. The van der Waals surface area contributed by atoms with Gasteiger partial charge in [-0.25, -0.2) is 5.84 Å². The van der Waals surface area contributed by atoms with E-state index < -0.39 is 0 Å². The third kappa shape index (κ3) is 5.02. The van der Waals surface area contributed by atoms with Gasteiger partial charge in [0.2, 0.25) is 0 Å². The smallest absolute Gasteiger partial charge is 0.268 e. The predicted molar refractivity (Wildman–Crippen MR) is 85.1 cm³/mol. The molecule has 1 amide bonds. The molecule has 0 saturated heterocycles. The molecule has 5 heteroatoms. The summed E-state index contributed by atoms with van der Waals surface area (Å²) < 4.78 is 5.74. The van der Waals surface area contributed by atoms with Crippen LogP contribution in [0.15, 0.2) is 24.3 Å². The number of benzene rings is 1. The van der Waals surface area contributed by atoms with Crippen LogP contribution >= 0.6 is 0 Å². The molecule has 1 aromatic carbocycles. The third-order valence-electron chi connectivity index (χ3n) is 3.88. The molecule has 5 nitrogen and oxygen atoms in total. The number of nitrogens with one attached hydrogen (secondary N) is 1. The van der Waals surface area contributed by atoms with E-state index in [4.69, 9.17) is 10.6 Å². The Balaban J connectivity index is 2.59. The van der Waals surface area contributed by atoms with E-state index in [0.717, 1.165) is 6.54 Å². The largest absolute Gasteiger partial charge is 0.491 e. The molecule has 0 aliphatic heterocycles. The van der Waals surface area contributed by atoms with E-state index in [1.807, 2.05) is 6.07 Å². The number of hydrazine groups is 1. The number of carbonyl (C=O) groups excluding carboxylic acids is 1. The fourth-order valence-electron chi connectivity index (χ4n) is 2.01. The van der Waals surface area contributed by atoms with Gasteiger partial charge in [0.1, 0.15) is 12.4 Å². The third-order valence-corrected chi connectivity index (χ3v) is 3.88. The molecule has 3 N–H and O–H groups in total. The van der Waals surface area contributed by atoms with Gasteiger partial charge in [0, 0.05) is 12.6 Å². The highest BCUT2D eigenvalue weighted by Gasteiger charge is 2.23. The highest BCUT2D eigenvalue weighted by atomic mass is 16.5. The number of hydrogen-bond acceptors (Lipinski definition) is 4. The van der Waals surface area contributed by atoms with E-state index in [0.29, 0.717) is 24.0 Å². The maximum absolute atomic E-state index is 11.6. The number of rotatable bonds is 6. The van der Waals surface area contributed by atoms with Crippen LogP contribution in [0.4, 0.5) is 0 Å². The van der Waals surface area contributed by atoms with Crippen LogP contribution in [-0.2, 0) is 0 Å². The number of likely N-dealkylation sites (N-methyl/N-ethyl adjacent to an activating group) is 1. The van der Waals surface area contributed by atoms with Crippen LogP contribution in [0.5, 0.6) is 5.75 Å². The van der Waals surface area contributed by atoms with E-state index in [2.05, 4.69) is 45.1 Å². The second kappa shape index (κ2) is 7.43. The number of carbonyl (C=O) groups is 1. The molecule has 1 aromatic rings. The Bertz CT molecular complexity index is 469. The molecule has 1 rings (SSSR count). The van der Waals surface area contributed by atoms with Gasteiger partial charge < -0.3 is 4.74 Å². The number of para-hydroxylation sites is 1. The minimum absolute atomic E-state index is 0.214. The van der Waals surface area contributed by atoms with Crippen molar-refractivity contribution in [1.82, 2.24) is 10.3 Å². The van der Waals surface area contributed by atoms with Crippen LogP contribution in [0.2, 0.25) is 0 Å². The lowest BCUT2D eigenvalue weighted by Crippen LogP contribution is -2.41. The summed E-state index contributed by atoms with van der Waals surface area (Å²) in [6, 6.07) is 7.52. The Labute approximate surface area is 127 Å². The zero-order valence-electron chi connectivity index (χ0n) is 13.6. The zero-order chi connectivity index (χ0) is 16.0. The van der Waals surface area contributed by atoms with Gasteiger partial charge >= 0.3 is 0 Å². The second-order valence-electron chi connectivity index (χ2n) is 6.34. The molecule has 0 fully saturated rings. The summed E-state index contributed by atoms with van der Waals surface area (Å²) in [5.74, 6) is 5.38. The van der Waals surface area contributed by atoms with E-state index >= 15 is 0 Å². The molecule has 0 aliphatic carbocycles. The normalized spacial score (nSPS) is 13.1. The van der Waals surface area contributed by atoms with Crippen molar-refractivity contribution < 1.29 is 9.53 Å². The molecule has 1 atom stereocenters. The fraction of sp³-hybridized carbons (Fsp3) is 0.562. The monoisotopic (exact) mass is 293 g/mol. The average Bonchev–Trinajstić information content (AvgIpc) is 2.45. The van der Waals surface area contributed by atoms with E-state index in [1.54, 1.807) is 18.2 Å². The maximum Gasteiger partial charge on any atom is 0.268 e. The molecule has 0 heterocycles. The zero-order valence-corrected chi connectivity index (χ0v) is 13.6. The molecule has 1 unspecified atom stereocenters. The number of nitrogens with zero attached hydrogens (tertiary/aromatic N) is 1. The lowest BCUT2D eigenvalue weighted by molar-refractivity contribution is 0.0946. The molecular formula is C16H27N3O2. The first-order valence-electron chi connectivity index (χ1n) is 7.20. The topological polar surface area (TPSA) is 67.6 Å². The summed E-state index contributed by atoms with van der Waals surface area (Å²) in [6.45, 7) is 10.2. The summed E-state index contributed by atoms with van der Waals surface area (Å²) >= 11 is 0. The number of hydrogen-bond donors (Lipinski definition) is 2. The van der Waals surface area contributed by atoms with Crippen molar-refractivity contribution in [3.63, 3.8) is 0 Å². The van der Waals surface area contributed by atoms with Gasteiger partial charge in [-0.15, -0.1) is 0 Å². The van der Waals surface area contributed by atoms with Crippen molar-refractivity contribution in [3.8, 4) is 5.75 Å². The molecule has 0 aliphatic rings. The molecule has 0 radical (unpaired) electrons. The van der Waals surface area contributed by atoms with Gasteiger partial charge in [-0.2, -0.15) is 0 Å². The number of amides is 1. The first kappa shape index (κ1) is 17.5. The van der Waals surface area contributed by atoms with E-state index in [9.17, 15) is 4.79 Å². The fourth-order valence-corrected chi connectivity index (χ4v) is 2.01. The first-order valence-corrected chi connectivity index (χ1v) is 7.20. The lowest BCUT2D eigenvalue weighted by Gasteiger charge is -2.35. The summed E-state index contributed by atoms with van der Waals surface area (Å²) in [4.78, 5) is 13.9. The molecule has 0 bridgehead atoms. The summed E-state index contributed by atoms with van der Waals surface area (Å²) in [5.41, 5.74) is 2.79. The molecule has 0 saturated carbocycles.